The summed E-state index contributed by atoms with van der Waals surface area (Å²) in [6, 6.07) is 1.25. The van der Waals surface area contributed by atoms with Crippen LogP contribution in [0.5, 0.6) is 0 Å². The third-order valence-corrected chi connectivity index (χ3v) is 0.974. The predicted molar refractivity (Wildman–Crippen MR) is 28.2 cm³/mol. The van der Waals surface area contributed by atoms with Crippen LogP contribution >= 0.6 is 0 Å². The van der Waals surface area contributed by atoms with E-state index in [0.29, 0.717) is 0 Å². The molecule has 0 aliphatic rings. The summed E-state index contributed by atoms with van der Waals surface area (Å²) in [5.41, 5.74) is -0.150. The lowest BCUT2D eigenvalue weighted by Gasteiger charge is -2.04. The Hall–Kier alpha value is -0.930. The third-order valence-electron chi connectivity index (χ3n) is 0.974. The van der Waals surface area contributed by atoms with Crippen LogP contribution in [0.4, 0.5) is 8.78 Å². The maximum atomic E-state index is 12.2. The van der Waals surface area contributed by atoms with Gasteiger partial charge in [-0.2, -0.15) is 13.9 Å². The van der Waals surface area contributed by atoms with Gasteiger partial charge in [-0.1, -0.05) is 0 Å². The lowest BCUT2D eigenvalue weighted by molar-refractivity contribution is 0.0127. The van der Waals surface area contributed by atoms with Gasteiger partial charge in [-0.25, -0.2) is 0 Å². The number of H-pyrrole nitrogens is 1. The van der Waals surface area contributed by atoms with Gasteiger partial charge in [0.1, 0.15) is 5.69 Å². The summed E-state index contributed by atoms with van der Waals surface area (Å²) >= 11 is 0. The fraction of sp³-hybridized carbons (Fsp3) is 0.400. The number of halogens is 2. The van der Waals surface area contributed by atoms with Crippen molar-refractivity contribution in [1.29, 1.82) is 0 Å². The van der Waals surface area contributed by atoms with Crippen LogP contribution in [0.1, 0.15) is 12.6 Å². The van der Waals surface area contributed by atoms with Gasteiger partial charge in [0.05, 0.1) is 0 Å². The molecular formula is C5H6F2N2. The van der Waals surface area contributed by atoms with Crippen molar-refractivity contribution in [2.45, 2.75) is 12.8 Å². The second kappa shape index (κ2) is 1.79. The lowest BCUT2D eigenvalue weighted by atomic mass is 10.3. The molecule has 50 valence electrons. The molecular weight excluding hydrogens is 126 g/mol. The van der Waals surface area contributed by atoms with Gasteiger partial charge in [0.2, 0.25) is 0 Å². The Morgan fingerprint density at radius 1 is 1.67 bits per heavy atom. The fourth-order valence-electron chi connectivity index (χ4n) is 0.500. The Morgan fingerprint density at radius 3 is 2.56 bits per heavy atom. The quantitative estimate of drug-likeness (QED) is 0.616. The first-order valence-electron chi connectivity index (χ1n) is 2.48. The molecule has 0 atom stereocenters. The molecule has 0 fully saturated rings. The van der Waals surface area contributed by atoms with Gasteiger partial charge < -0.3 is 0 Å². The van der Waals surface area contributed by atoms with Crippen molar-refractivity contribution in [3.8, 4) is 0 Å². The molecule has 0 aromatic carbocycles. The van der Waals surface area contributed by atoms with E-state index < -0.39 is 5.92 Å². The second-order valence-corrected chi connectivity index (χ2v) is 1.86. The summed E-state index contributed by atoms with van der Waals surface area (Å²) in [6.45, 7) is 0.820. The van der Waals surface area contributed by atoms with E-state index in [1.807, 2.05) is 0 Å². The standard InChI is InChI=1S/C5H6F2N2/c1-5(6,7)4-2-3-8-9-4/h2-3H,1H3,(H,8,9). The van der Waals surface area contributed by atoms with Gasteiger partial charge in [-0.05, 0) is 6.07 Å². The van der Waals surface area contributed by atoms with Gasteiger partial charge in [0.25, 0.3) is 5.92 Å². The van der Waals surface area contributed by atoms with E-state index in [-0.39, 0.29) is 5.69 Å². The maximum absolute atomic E-state index is 12.2. The lowest BCUT2D eigenvalue weighted by Crippen LogP contribution is -2.06. The minimum absolute atomic E-state index is 0.150. The molecule has 0 radical (unpaired) electrons. The highest BCUT2D eigenvalue weighted by Crippen LogP contribution is 2.23. The summed E-state index contributed by atoms with van der Waals surface area (Å²) in [7, 11) is 0. The van der Waals surface area contributed by atoms with Gasteiger partial charge in [-0.3, -0.25) is 5.10 Å². The van der Waals surface area contributed by atoms with Crippen LogP contribution in [-0.4, -0.2) is 10.2 Å². The first-order valence-corrected chi connectivity index (χ1v) is 2.48. The molecule has 0 spiro atoms. The molecule has 1 aromatic rings. The zero-order chi connectivity index (χ0) is 6.91. The number of aromatic amines is 1. The van der Waals surface area contributed by atoms with E-state index >= 15 is 0 Å². The molecule has 0 saturated heterocycles. The molecule has 0 amide bonds. The van der Waals surface area contributed by atoms with Gasteiger partial charge in [0, 0.05) is 13.1 Å². The molecule has 0 aliphatic heterocycles. The van der Waals surface area contributed by atoms with Crippen LogP contribution in [0.15, 0.2) is 12.3 Å². The van der Waals surface area contributed by atoms with Crippen molar-refractivity contribution in [1.82, 2.24) is 10.2 Å². The number of nitrogens with zero attached hydrogens (tertiary/aromatic N) is 1. The average Bonchev–Trinajstić information content (AvgIpc) is 2.08. The van der Waals surface area contributed by atoms with Crippen molar-refractivity contribution in [2.24, 2.45) is 0 Å². The Labute approximate surface area is 50.9 Å². The monoisotopic (exact) mass is 132 g/mol. The summed E-state index contributed by atoms with van der Waals surface area (Å²) in [6.07, 6.45) is 1.30. The number of nitrogens with one attached hydrogen (secondary N) is 1. The Kier molecular flexibility index (Phi) is 1.23. The summed E-state index contributed by atoms with van der Waals surface area (Å²) in [5, 5.41) is 5.56. The third kappa shape index (κ3) is 1.25. The molecule has 0 bridgehead atoms. The maximum Gasteiger partial charge on any atom is 0.286 e. The average molecular weight is 132 g/mol. The van der Waals surface area contributed by atoms with Crippen LogP contribution in [0.25, 0.3) is 0 Å². The van der Waals surface area contributed by atoms with Crippen molar-refractivity contribution in [3.63, 3.8) is 0 Å². The number of hydrogen-bond acceptors (Lipinski definition) is 1. The highest BCUT2D eigenvalue weighted by Gasteiger charge is 2.25. The molecule has 2 nitrogen and oxygen atoms in total. The number of aromatic nitrogens is 2. The van der Waals surface area contributed by atoms with E-state index in [1.165, 1.54) is 12.3 Å². The molecule has 1 N–H and O–H groups in total. The second-order valence-electron chi connectivity index (χ2n) is 1.86. The molecule has 0 unspecified atom stereocenters. The summed E-state index contributed by atoms with van der Waals surface area (Å²) < 4.78 is 24.4. The topological polar surface area (TPSA) is 28.7 Å². The minimum Gasteiger partial charge on any atom is -0.276 e. The zero-order valence-corrected chi connectivity index (χ0v) is 4.86. The van der Waals surface area contributed by atoms with Crippen LogP contribution < -0.4 is 0 Å². The smallest absolute Gasteiger partial charge is 0.276 e. The molecule has 0 aliphatic carbocycles. The Balaban J connectivity index is 2.90. The van der Waals surface area contributed by atoms with E-state index in [0.717, 1.165) is 6.92 Å². The van der Waals surface area contributed by atoms with E-state index in [9.17, 15) is 8.78 Å². The summed E-state index contributed by atoms with van der Waals surface area (Å²) in [5.74, 6) is -2.80. The predicted octanol–water partition coefficient (Wildman–Crippen LogP) is 1.52. The van der Waals surface area contributed by atoms with E-state index in [1.54, 1.807) is 0 Å². The van der Waals surface area contributed by atoms with Crippen molar-refractivity contribution >= 4 is 0 Å². The zero-order valence-electron chi connectivity index (χ0n) is 4.86. The molecule has 4 heteroatoms. The molecule has 0 saturated carbocycles. The summed E-state index contributed by atoms with van der Waals surface area (Å²) in [4.78, 5) is 0. The molecule has 9 heavy (non-hydrogen) atoms. The normalized spacial score (nSPS) is 11.9. The number of hydrogen-bond donors (Lipinski definition) is 1. The number of rotatable bonds is 1. The molecule has 1 heterocycles. The van der Waals surface area contributed by atoms with Crippen molar-refractivity contribution in [2.75, 3.05) is 0 Å². The van der Waals surface area contributed by atoms with Crippen LogP contribution in [0.2, 0.25) is 0 Å². The molecule has 1 rings (SSSR count). The largest absolute Gasteiger partial charge is 0.286 e. The van der Waals surface area contributed by atoms with Crippen LogP contribution in [0, 0.1) is 0 Å². The van der Waals surface area contributed by atoms with Crippen molar-refractivity contribution in [3.05, 3.63) is 18.0 Å². The van der Waals surface area contributed by atoms with Gasteiger partial charge in [0.15, 0.2) is 0 Å². The highest BCUT2D eigenvalue weighted by molar-refractivity contribution is 5.03. The SMILES string of the molecule is CC(F)(F)c1ccn[nH]1. The molecule has 1 aromatic heterocycles. The van der Waals surface area contributed by atoms with Gasteiger partial charge in [-0.15, -0.1) is 0 Å². The first kappa shape index (κ1) is 6.19. The minimum atomic E-state index is -2.80. The van der Waals surface area contributed by atoms with Crippen molar-refractivity contribution < 1.29 is 8.78 Å². The van der Waals surface area contributed by atoms with Crippen LogP contribution in [0.3, 0.4) is 0 Å². The first-order chi connectivity index (χ1) is 4.11. The Bertz CT molecular complexity index is 175. The van der Waals surface area contributed by atoms with E-state index in [2.05, 4.69) is 10.2 Å². The fourth-order valence-corrected chi connectivity index (χ4v) is 0.500. The van der Waals surface area contributed by atoms with Crippen LogP contribution in [-0.2, 0) is 5.92 Å². The number of alkyl halides is 2. The highest BCUT2D eigenvalue weighted by atomic mass is 19.3. The van der Waals surface area contributed by atoms with E-state index in [4.69, 9.17) is 0 Å². The van der Waals surface area contributed by atoms with Gasteiger partial charge >= 0.3 is 0 Å². The Morgan fingerprint density at radius 2 is 2.33 bits per heavy atom.